The lowest BCUT2D eigenvalue weighted by molar-refractivity contribution is -0.385. The van der Waals surface area contributed by atoms with E-state index < -0.39 is 4.33 Å². The summed E-state index contributed by atoms with van der Waals surface area (Å²) in [6.45, 7) is 6.07. The average molecular weight is 288 g/mol. The van der Waals surface area contributed by atoms with Gasteiger partial charge in [0, 0.05) is 17.5 Å². The van der Waals surface area contributed by atoms with Crippen LogP contribution in [0.15, 0.2) is 18.2 Å². The predicted molar refractivity (Wildman–Crippen MR) is 73.6 cm³/mol. The molecule has 0 aromatic heterocycles. The van der Waals surface area contributed by atoms with E-state index in [1.54, 1.807) is 12.1 Å². The van der Waals surface area contributed by atoms with E-state index >= 15 is 0 Å². The standard InChI is InChI=1S/C13H15Cl2NO2/c1-12(2,3)8-4-5-9(10-7-13(10,14)15)11(6-8)16(17)18/h4-6,10H,7H2,1-3H3/t10-/m0/s1. The first-order valence-electron chi connectivity index (χ1n) is 5.79. The van der Waals surface area contributed by atoms with Gasteiger partial charge in [-0.3, -0.25) is 10.1 Å². The molecule has 18 heavy (non-hydrogen) atoms. The van der Waals surface area contributed by atoms with Crippen molar-refractivity contribution in [1.29, 1.82) is 0 Å². The highest BCUT2D eigenvalue weighted by atomic mass is 35.5. The summed E-state index contributed by atoms with van der Waals surface area (Å²) in [4.78, 5) is 10.8. The van der Waals surface area contributed by atoms with Gasteiger partial charge < -0.3 is 0 Å². The molecule has 0 amide bonds. The van der Waals surface area contributed by atoms with Crippen LogP contribution in [0.3, 0.4) is 0 Å². The third-order valence-electron chi connectivity index (χ3n) is 3.29. The summed E-state index contributed by atoms with van der Waals surface area (Å²) in [5.74, 6) is -0.129. The molecule has 0 spiro atoms. The number of alkyl halides is 2. The molecule has 0 N–H and O–H groups in total. The number of halogens is 2. The molecule has 0 radical (unpaired) electrons. The van der Waals surface area contributed by atoms with E-state index in [0.717, 1.165) is 5.56 Å². The third-order valence-corrected chi connectivity index (χ3v) is 4.13. The maximum Gasteiger partial charge on any atom is 0.273 e. The fraction of sp³-hybridized carbons (Fsp3) is 0.538. The van der Waals surface area contributed by atoms with Crippen LogP contribution in [-0.2, 0) is 5.41 Å². The first-order valence-corrected chi connectivity index (χ1v) is 6.55. The van der Waals surface area contributed by atoms with E-state index in [2.05, 4.69) is 0 Å². The van der Waals surface area contributed by atoms with Crippen LogP contribution in [0.25, 0.3) is 0 Å². The molecule has 1 aliphatic carbocycles. The maximum atomic E-state index is 11.2. The molecule has 3 nitrogen and oxygen atoms in total. The van der Waals surface area contributed by atoms with Crippen molar-refractivity contribution in [1.82, 2.24) is 0 Å². The minimum Gasteiger partial charge on any atom is -0.258 e. The minimum atomic E-state index is -0.839. The van der Waals surface area contributed by atoms with Gasteiger partial charge in [0.25, 0.3) is 5.69 Å². The Bertz CT molecular complexity index is 506. The molecule has 0 bridgehead atoms. The zero-order valence-corrected chi connectivity index (χ0v) is 12.0. The lowest BCUT2D eigenvalue weighted by Gasteiger charge is -2.19. The van der Waals surface area contributed by atoms with Crippen molar-refractivity contribution in [3.8, 4) is 0 Å². The van der Waals surface area contributed by atoms with Gasteiger partial charge in [0.05, 0.1) is 4.92 Å². The van der Waals surface area contributed by atoms with Gasteiger partial charge in [-0.2, -0.15) is 0 Å². The van der Waals surface area contributed by atoms with Crippen LogP contribution >= 0.6 is 23.2 Å². The molecule has 0 saturated heterocycles. The molecule has 1 saturated carbocycles. The molecule has 1 fully saturated rings. The van der Waals surface area contributed by atoms with E-state index in [0.29, 0.717) is 12.0 Å². The summed E-state index contributed by atoms with van der Waals surface area (Å²) in [6.07, 6.45) is 0.575. The second kappa shape index (κ2) is 4.10. The van der Waals surface area contributed by atoms with Crippen molar-refractivity contribution in [3.05, 3.63) is 39.4 Å². The maximum absolute atomic E-state index is 11.2. The fourth-order valence-corrected chi connectivity index (χ4v) is 2.56. The van der Waals surface area contributed by atoms with Crippen molar-refractivity contribution in [3.63, 3.8) is 0 Å². The topological polar surface area (TPSA) is 43.1 Å². The van der Waals surface area contributed by atoms with Crippen LogP contribution < -0.4 is 0 Å². The number of nitro groups is 1. The van der Waals surface area contributed by atoms with Crippen LogP contribution in [0.4, 0.5) is 5.69 Å². The summed E-state index contributed by atoms with van der Waals surface area (Å²) in [6, 6.07) is 5.35. The lowest BCUT2D eigenvalue weighted by Crippen LogP contribution is -2.12. The largest absolute Gasteiger partial charge is 0.273 e. The highest BCUT2D eigenvalue weighted by molar-refractivity contribution is 6.51. The smallest absolute Gasteiger partial charge is 0.258 e. The van der Waals surface area contributed by atoms with E-state index in [4.69, 9.17) is 23.2 Å². The van der Waals surface area contributed by atoms with Gasteiger partial charge in [-0.1, -0.05) is 32.9 Å². The highest BCUT2D eigenvalue weighted by Gasteiger charge is 2.54. The first-order chi connectivity index (χ1) is 8.13. The van der Waals surface area contributed by atoms with Gasteiger partial charge in [-0.05, 0) is 17.4 Å². The minimum absolute atomic E-state index is 0.119. The molecule has 1 aromatic rings. The Morgan fingerprint density at radius 2 is 1.94 bits per heavy atom. The molecule has 1 aromatic carbocycles. The van der Waals surface area contributed by atoms with E-state index in [9.17, 15) is 10.1 Å². The number of benzene rings is 1. The Balaban J connectivity index is 2.47. The number of hydrogen-bond acceptors (Lipinski definition) is 2. The number of nitrogens with zero attached hydrogens (tertiary/aromatic N) is 1. The monoisotopic (exact) mass is 287 g/mol. The molecule has 0 heterocycles. The quantitative estimate of drug-likeness (QED) is 0.455. The Kier molecular flexibility index (Phi) is 3.11. The summed E-state index contributed by atoms with van der Waals surface area (Å²) >= 11 is 12.0. The molecule has 0 unspecified atom stereocenters. The van der Waals surface area contributed by atoms with Gasteiger partial charge in [0.15, 0.2) is 0 Å². The SMILES string of the molecule is CC(C)(C)c1ccc([C@@H]2CC2(Cl)Cl)c([N+](=O)[O-])c1. The summed E-state index contributed by atoms with van der Waals surface area (Å²) in [5.41, 5.74) is 1.58. The van der Waals surface area contributed by atoms with Gasteiger partial charge in [0.1, 0.15) is 4.33 Å². The predicted octanol–water partition coefficient (Wildman–Crippen LogP) is 4.55. The Hall–Kier alpha value is -0.800. The van der Waals surface area contributed by atoms with Crippen LogP contribution in [0.1, 0.15) is 44.2 Å². The summed E-state index contributed by atoms with van der Waals surface area (Å²) in [5, 5.41) is 11.2. The van der Waals surface area contributed by atoms with Crippen LogP contribution in [0.2, 0.25) is 0 Å². The Morgan fingerprint density at radius 1 is 1.39 bits per heavy atom. The average Bonchev–Trinajstić information content (AvgIpc) is 2.85. The molecule has 2 rings (SSSR count). The van der Waals surface area contributed by atoms with E-state index in [-0.39, 0.29) is 21.9 Å². The van der Waals surface area contributed by atoms with Crippen molar-refractivity contribution in [2.75, 3.05) is 0 Å². The van der Waals surface area contributed by atoms with E-state index in [1.165, 1.54) is 0 Å². The number of rotatable bonds is 2. The van der Waals surface area contributed by atoms with Crippen molar-refractivity contribution in [2.24, 2.45) is 0 Å². The lowest BCUT2D eigenvalue weighted by atomic mass is 9.86. The Morgan fingerprint density at radius 3 is 2.33 bits per heavy atom. The van der Waals surface area contributed by atoms with Crippen molar-refractivity contribution >= 4 is 28.9 Å². The molecule has 98 valence electrons. The first kappa shape index (κ1) is 13.6. The van der Waals surface area contributed by atoms with Crippen LogP contribution in [0, 0.1) is 10.1 Å². The van der Waals surface area contributed by atoms with Crippen LogP contribution in [-0.4, -0.2) is 9.26 Å². The third kappa shape index (κ3) is 2.47. The second-order valence-corrected chi connectivity index (χ2v) is 7.34. The number of hydrogen-bond donors (Lipinski definition) is 0. The molecule has 5 heteroatoms. The summed E-state index contributed by atoms with van der Waals surface area (Å²) < 4.78 is -0.839. The zero-order valence-electron chi connectivity index (χ0n) is 10.5. The van der Waals surface area contributed by atoms with Gasteiger partial charge in [-0.15, -0.1) is 23.2 Å². The van der Waals surface area contributed by atoms with Crippen LogP contribution in [0.5, 0.6) is 0 Å². The van der Waals surface area contributed by atoms with E-state index in [1.807, 2.05) is 26.8 Å². The van der Waals surface area contributed by atoms with Crippen molar-refractivity contribution in [2.45, 2.75) is 42.9 Å². The van der Waals surface area contributed by atoms with Gasteiger partial charge in [-0.25, -0.2) is 0 Å². The normalized spacial score (nSPS) is 21.7. The highest BCUT2D eigenvalue weighted by Crippen LogP contribution is 2.61. The molecular weight excluding hydrogens is 273 g/mol. The van der Waals surface area contributed by atoms with Gasteiger partial charge >= 0.3 is 0 Å². The molecular formula is C13H15Cl2NO2. The summed E-state index contributed by atoms with van der Waals surface area (Å²) in [7, 11) is 0. The molecule has 1 atom stereocenters. The second-order valence-electron chi connectivity index (χ2n) is 5.80. The molecule has 1 aliphatic rings. The molecule has 0 aliphatic heterocycles. The fourth-order valence-electron chi connectivity index (χ4n) is 2.01. The van der Waals surface area contributed by atoms with Crippen molar-refractivity contribution < 1.29 is 4.92 Å². The number of nitro benzene ring substituents is 1. The van der Waals surface area contributed by atoms with Gasteiger partial charge in [0.2, 0.25) is 0 Å². The Labute approximate surface area is 116 Å². The zero-order chi connectivity index (χ0) is 13.7.